The normalized spacial score (nSPS) is 12.5. The molecule has 1 aromatic carbocycles. The SMILES string of the molecule is CC=C(CC)c1cnc(NC(=O)C(CCC)NC(=O)Cc2cc(F)cc(F)c2)s1. The molecule has 5 nitrogen and oxygen atoms in total. The number of allylic oxidation sites excluding steroid dienone is 2. The second-order valence-electron chi connectivity index (χ2n) is 6.55. The Morgan fingerprint density at radius 1 is 1.21 bits per heavy atom. The first-order valence-electron chi connectivity index (χ1n) is 9.52. The largest absolute Gasteiger partial charge is 0.344 e. The van der Waals surface area contributed by atoms with E-state index in [2.05, 4.69) is 15.6 Å². The van der Waals surface area contributed by atoms with E-state index in [0.29, 0.717) is 18.0 Å². The monoisotopic (exact) mass is 421 g/mol. The van der Waals surface area contributed by atoms with Crippen LogP contribution in [0.3, 0.4) is 0 Å². The summed E-state index contributed by atoms with van der Waals surface area (Å²) in [5.74, 6) is -2.35. The van der Waals surface area contributed by atoms with E-state index in [1.165, 1.54) is 11.3 Å². The molecule has 2 amide bonds. The molecule has 0 aliphatic heterocycles. The van der Waals surface area contributed by atoms with Crippen LogP contribution in [0, 0.1) is 11.6 Å². The minimum absolute atomic E-state index is 0.207. The zero-order chi connectivity index (χ0) is 21.4. The van der Waals surface area contributed by atoms with Crippen LogP contribution < -0.4 is 10.6 Å². The molecule has 0 aliphatic carbocycles. The predicted molar refractivity (Wildman–Crippen MR) is 112 cm³/mol. The number of carbonyl (C=O) groups excluding carboxylic acids is 2. The van der Waals surface area contributed by atoms with Gasteiger partial charge >= 0.3 is 0 Å². The van der Waals surface area contributed by atoms with Crippen molar-refractivity contribution in [2.45, 2.75) is 52.5 Å². The van der Waals surface area contributed by atoms with E-state index in [1.54, 1.807) is 6.20 Å². The molecule has 1 heterocycles. The fourth-order valence-corrected chi connectivity index (χ4v) is 3.86. The van der Waals surface area contributed by atoms with Gasteiger partial charge in [-0.2, -0.15) is 0 Å². The lowest BCUT2D eigenvalue weighted by molar-refractivity contribution is -0.126. The summed E-state index contributed by atoms with van der Waals surface area (Å²) in [7, 11) is 0. The van der Waals surface area contributed by atoms with Gasteiger partial charge in [0, 0.05) is 12.3 Å². The highest BCUT2D eigenvalue weighted by atomic mass is 32.1. The van der Waals surface area contributed by atoms with Crippen LogP contribution in [-0.2, 0) is 16.0 Å². The second kappa shape index (κ2) is 10.8. The van der Waals surface area contributed by atoms with E-state index in [0.717, 1.165) is 35.1 Å². The quantitative estimate of drug-likeness (QED) is 0.616. The first-order valence-corrected chi connectivity index (χ1v) is 10.3. The van der Waals surface area contributed by atoms with Crippen molar-refractivity contribution >= 4 is 33.9 Å². The summed E-state index contributed by atoms with van der Waals surface area (Å²) in [4.78, 5) is 30.1. The van der Waals surface area contributed by atoms with Gasteiger partial charge in [0.1, 0.15) is 17.7 Å². The number of halogens is 2. The van der Waals surface area contributed by atoms with Crippen molar-refractivity contribution in [2.75, 3.05) is 5.32 Å². The molecule has 156 valence electrons. The smallest absolute Gasteiger partial charge is 0.248 e. The van der Waals surface area contributed by atoms with Gasteiger partial charge in [-0.05, 0) is 43.0 Å². The third-order valence-corrected chi connectivity index (χ3v) is 5.29. The number of benzene rings is 1. The van der Waals surface area contributed by atoms with Crippen LogP contribution in [0.1, 0.15) is 50.5 Å². The van der Waals surface area contributed by atoms with Crippen molar-refractivity contribution in [3.05, 3.63) is 52.5 Å². The molecule has 29 heavy (non-hydrogen) atoms. The maximum atomic E-state index is 13.3. The van der Waals surface area contributed by atoms with Gasteiger partial charge in [0.05, 0.1) is 11.3 Å². The minimum Gasteiger partial charge on any atom is -0.344 e. The van der Waals surface area contributed by atoms with Gasteiger partial charge < -0.3 is 10.6 Å². The molecule has 2 N–H and O–H groups in total. The highest BCUT2D eigenvalue weighted by Crippen LogP contribution is 2.27. The van der Waals surface area contributed by atoms with E-state index < -0.39 is 23.6 Å². The number of nitrogens with one attached hydrogen (secondary N) is 2. The van der Waals surface area contributed by atoms with E-state index in [4.69, 9.17) is 0 Å². The van der Waals surface area contributed by atoms with Crippen LogP contribution in [0.4, 0.5) is 13.9 Å². The minimum atomic E-state index is -0.759. The standard InChI is InChI=1S/C21H25F2N3O2S/c1-4-7-17(25-19(27)10-13-8-15(22)11-16(23)9-13)20(28)26-21-24-12-18(29-21)14(5-2)6-3/h5,8-9,11-12,17H,4,6-7,10H2,1-3H3,(H,25,27)(H,24,26,28). The molecule has 1 atom stereocenters. The first kappa shape index (κ1) is 22.7. The van der Waals surface area contributed by atoms with Crippen molar-refractivity contribution in [2.24, 2.45) is 0 Å². The zero-order valence-electron chi connectivity index (χ0n) is 16.7. The van der Waals surface area contributed by atoms with Crippen molar-refractivity contribution in [1.29, 1.82) is 0 Å². The summed E-state index contributed by atoms with van der Waals surface area (Å²) in [6.45, 7) is 5.90. The Kier molecular flexibility index (Phi) is 8.45. The topological polar surface area (TPSA) is 71.1 Å². The molecule has 0 radical (unpaired) electrons. The van der Waals surface area contributed by atoms with Gasteiger partial charge in [-0.15, -0.1) is 0 Å². The fourth-order valence-electron chi connectivity index (χ4n) is 2.89. The van der Waals surface area contributed by atoms with Crippen molar-refractivity contribution < 1.29 is 18.4 Å². The van der Waals surface area contributed by atoms with Gasteiger partial charge in [-0.3, -0.25) is 9.59 Å². The number of carbonyl (C=O) groups is 2. The number of amides is 2. The number of rotatable bonds is 9. The Hall–Kier alpha value is -2.61. The Bertz CT molecular complexity index is 876. The van der Waals surface area contributed by atoms with Crippen LogP contribution in [0.15, 0.2) is 30.5 Å². The Morgan fingerprint density at radius 3 is 2.48 bits per heavy atom. The number of aromatic nitrogens is 1. The second-order valence-corrected chi connectivity index (χ2v) is 7.58. The molecule has 0 fully saturated rings. The molecule has 0 aliphatic rings. The average molecular weight is 422 g/mol. The van der Waals surface area contributed by atoms with Gasteiger partial charge in [0.15, 0.2) is 5.13 Å². The highest BCUT2D eigenvalue weighted by molar-refractivity contribution is 7.16. The summed E-state index contributed by atoms with van der Waals surface area (Å²) < 4.78 is 26.6. The molecule has 0 bridgehead atoms. The van der Waals surface area contributed by atoms with Gasteiger partial charge in [-0.25, -0.2) is 13.8 Å². The average Bonchev–Trinajstić information content (AvgIpc) is 3.09. The number of hydrogen-bond acceptors (Lipinski definition) is 4. The molecular weight excluding hydrogens is 396 g/mol. The third kappa shape index (κ3) is 6.74. The van der Waals surface area contributed by atoms with Crippen LogP contribution >= 0.6 is 11.3 Å². The van der Waals surface area contributed by atoms with Crippen LogP contribution in [0.5, 0.6) is 0 Å². The van der Waals surface area contributed by atoms with Crippen molar-refractivity contribution in [3.8, 4) is 0 Å². The van der Waals surface area contributed by atoms with Crippen molar-refractivity contribution in [3.63, 3.8) is 0 Å². The molecule has 8 heteroatoms. The summed E-state index contributed by atoms with van der Waals surface area (Å²) >= 11 is 1.37. The fraction of sp³-hybridized carbons (Fsp3) is 0.381. The predicted octanol–water partition coefficient (Wildman–Crippen LogP) is 4.70. The summed E-state index contributed by atoms with van der Waals surface area (Å²) in [5.41, 5.74) is 1.35. The lowest BCUT2D eigenvalue weighted by atomic mass is 10.1. The molecule has 0 saturated heterocycles. The number of thiazole rings is 1. The molecule has 0 spiro atoms. The lowest BCUT2D eigenvalue weighted by Gasteiger charge is -2.17. The maximum absolute atomic E-state index is 13.3. The lowest BCUT2D eigenvalue weighted by Crippen LogP contribution is -2.44. The van der Waals surface area contributed by atoms with E-state index in [1.807, 2.05) is 26.8 Å². The van der Waals surface area contributed by atoms with Crippen LogP contribution in [0.25, 0.3) is 5.57 Å². The van der Waals surface area contributed by atoms with Crippen LogP contribution in [0.2, 0.25) is 0 Å². The van der Waals surface area contributed by atoms with Crippen molar-refractivity contribution in [1.82, 2.24) is 10.3 Å². The summed E-state index contributed by atoms with van der Waals surface area (Å²) in [6.07, 6.45) is 5.47. The zero-order valence-corrected chi connectivity index (χ0v) is 17.5. The Labute approximate surface area is 173 Å². The van der Waals surface area contributed by atoms with Gasteiger partial charge in [0.2, 0.25) is 11.8 Å². The summed E-state index contributed by atoms with van der Waals surface area (Å²) in [6, 6.07) is 2.18. The number of hydrogen-bond donors (Lipinski definition) is 2. The summed E-state index contributed by atoms with van der Waals surface area (Å²) in [5, 5.41) is 5.85. The van der Waals surface area contributed by atoms with Gasteiger partial charge in [-0.1, -0.05) is 37.7 Å². The number of anilines is 1. The van der Waals surface area contributed by atoms with Gasteiger partial charge in [0.25, 0.3) is 0 Å². The molecule has 0 saturated carbocycles. The van der Waals surface area contributed by atoms with E-state index in [9.17, 15) is 18.4 Å². The van der Waals surface area contributed by atoms with E-state index in [-0.39, 0.29) is 17.9 Å². The Balaban J connectivity index is 2.02. The number of nitrogens with zero attached hydrogens (tertiary/aromatic N) is 1. The molecular formula is C21H25F2N3O2S. The molecule has 1 unspecified atom stereocenters. The third-order valence-electron chi connectivity index (χ3n) is 4.30. The highest BCUT2D eigenvalue weighted by Gasteiger charge is 2.21. The molecule has 1 aromatic heterocycles. The van der Waals surface area contributed by atoms with Crippen LogP contribution in [-0.4, -0.2) is 22.8 Å². The van der Waals surface area contributed by atoms with E-state index >= 15 is 0 Å². The first-order chi connectivity index (χ1) is 13.9. The maximum Gasteiger partial charge on any atom is 0.248 e. The molecule has 2 aromatic rings. The molecule has 2 rings (SSSR count). The Morgan fingerprint density at radius 2 is 1.90 bits per heavy atom.